The Morgan fingerprint density at radius 1 is 1.50 bits per heavy atom. The average molecular weight is 179 g/mol. The summed E-state index contributed by atoms with van der Waals surface area (Å²) in [6, 6.07) is 1.45. The zero-order chi connectivity index (χ0) is 9.19. The SMILES string of the molecule is Nc1ccn(CCC(F)(F)F)n1. The number of nitrogens with zero attached hydrogens (tertiary/aromatic N) is 2. The van der Waals surface area contributed by atoms with Crippen molar-refractivity contribution in [2.75, 3.05) is 5.73 Å². The fraction of sp³-hybridized carbons (Fsp3) is 0.500. The van der Waals surface area contributed by atoms with E-state index in [0.29, 0.717) is 0 Å². The number of rotatable bonds is 2. The summed E-state index contributed by atoms with van der Waals surface area (Å²) < 4.78 is 36.2. The molecule has 0 aliphatic heterocycles. The van der Waals surface area contributed by atoms with Gasteiger partial charge in [-0.3, -0.25) is 4.68 Å². The van der Waals surface area contributed by atoms with Crippen LogP contribution in [0.2, 0.25) is 0 Å². The van der Waals surface area contributed by atoms with Crippen molar-refractivity contribution >= 4 is 5.82 Å². The molecule has 0 aromatic carbocycles. The van der Waals surface area contributed by atoms with Gasteiger partial charge >= 0.3 is 6.18 Å². The molecule has 0 spiro atoms. The molecular weight excluding hydrogens is 171 g/mol. The van der Waals surface area contributed by atoms with E-state index in [4.69, 9.17) is 5.73 Å². The van der Waals surface area contributed by atoms with Crippen molar-refractivity contribution in [2.24, 2.45) is 0 Å². The molecule has 0 aliphatic rings. The first kappa shape index (κ1) is 8.89. The molecule has 1 heterocycles. The summed E-state index contributed by atoms with van der Waals surface area (Å²) in [6.07, 6.45) is -3.60. The summed E-state index contributed by atoms with van der Waals surface area (Å²) in [7, 11) is 0. The monoisotopic (exact) mass is 179 g/mol. The third-order valence-corrected chi connectivity index (χ3v) is 1.29. The first-order valence-electron chi connectivity index (χ1n) is 3.33. The zero-order valence-electron chi connectivity index (χ0n) is 6.17. The van der Waals surface area contributed by atoms with E-state index in [1.807, 2.05) is 0 Å². The molecule has 0 bridgehead atoms. The Morgan fingerprint density at radius 3 is 2.58 bits per heavy atom. The van der Waals surface area contributed by atoms with E-state index in [1.165, 1.54) is 16.9 Å². The topological polar surface area (TPSA) is 43.8 Å². The Hall–Kier alpha value is -1.20. The van der Waals surface area contributed by atoms with Gasteiger partial charge in [0.1, 0.15) is 5.82 Å². The maximum Gasteiger partial charge on any atom is 0.390 e. The van der Waals surface area contributed by atoms with Gasteiger partial charge in [-0.15, -0.1) is 0 Å². The molecule has 3 nitrogen and oxygen atoms in total. The van der Waals surface area contributed by atoms with Crippen LogP contribution in [-0.4, -0.2) is 16.0 Å². The van der Waals surface area contributed by atoms with Gasteiger partial charge < -0.3 is 5.73 Å². The highest BCUT2D eigenvalue weighted by atomic mass is 19.4. The molecule has 0 amide bonds. The Labute approximate surface area is 67.0 Å². The molecule has 0 unspecified atom stereocenters. The molecule has 1 aromatic rings. The van der Waals surface area contributed by atoms with E-state index in [9.17, 15) is 13.2 Å². The minimum absolute atomic E-state index is 0.180. The molecule has 0 radical (unpaired) electrons. The summed E-state index contributed by atoms with van der Waals surface area (Å²) in [4.78, 5) is 0. The van der Waals surface area contributed by atoms with E-state index in [2.05, 4.69) is 5.10 Å². The number of alkyl halides is 3. The van der Waals surface area contributed by atoms with E-state index in [-0.39, 0.29) is 12.4 Å². The second-order valence-corrected chi connectivity index (χ2v) is 2.37. The highest BCUT2D eigenvalue weighted by Crippen LogP contribution is 2.19. The highest BCUT2D eigenvalue weighted by Gasteiger charge is 2.26. The third kappa shape index (κ3) is 2.81. The van der Waals surface area contributed by atoms with Crippen LogP contribution in [0.15, 0.2) is 12.3 Å². The number of halogens is 3. The van der Waals surface area contributed by atoms with Crippen molar-refractivity contribution in [3.63, 3.8) is 0 Å². The van der Waals surface area contributed by atoms with Gasteiger partial charge in [0.05, 0.1) is 6.42 Å². The molecule has 2 N–H and O–H groups in total. The fourth-order valence-electron chi connectivity index (χ4n) is 0.743. The third-order valence-electron chi connectivity index (χ3n) is 1.29. The van der Waals surface area contributed by atoms with Crippen molar-refractivity contribution in [3.8, 4) is 0 Å². The van der Waals surface area contributed by atoms with Gasteiger partial charge in [-0.1, -0.05) is 0 Å². The maximum absolute atomic E-state index is 11.7. The van der Waals surface area contributed by atoms with Crippen molar-refractivity contribution in [2.45, 2.75) is 19.1 Å². The smallest absolute Gasteiger partial charge is 0.382 e. The van der Waals surface area contributed by atoms with Crippen LogP contribution < -0.4 is 5.73 Å². The van der Waals surface area contributed by atoms with E-state index < -0.39 is 12.6 Å². The Kier molecular flexibility index (Phi) is 2.25. The van der Waals surface area contributed by atoms with E-state index >= 15 is 0 Å². The van der Waals surface area contributed by atoms with Crippen LogP contribution in [0.1, 0.15) is 6.42 Å². The Balaban J connectivity index is 2.44. The first-order valence-corrected chi connectivity index (χ1v) is 3.33. The predicted octanol–water partition coefficient (Wildman–Crippen LogP) is 1.42. The highest BCUT2D eigenvalue weighted by molar-refractivity contribution is 5.23. The lowest BCUT2D eigenvalue weighted by Crippen LogP contribution is -2.12. The van der Waals surface area contributed by atoms with Crippen molar-refractivity contribution in [1.82, 2.24) is 9.78 Å². The molecule has 0 fully saturated rings. The summed E-state index contributed by atoms with van der Waals surface area (Å²) in [5.74, 6) is 0.233. The van der Waals surface area contributed by atoms with E-state index in [1.54, 1.807) is 0 Å². The van der Waals surface area contributed by atoms with Gasteiger partial charge in [0.15, 0.2) is 0 Å². The predicted molar refractivity (Wildman–Crippen MR) is 37.3 cm³/mol. The molecule has 0 aliphatic carbocycles. The summed E-state index contributed by atoms with van der Waals surface area (Å²) in [5, 5.41) is 3.61. The minimum atomic E-state index is -4.14. The summed E-state index contributed by atoms with van der Waals surface area (Å²) in [5.41, 5.74) is 5.20. The molecule has 12 heavy (non-hydrogen) atoms. The minimum Gasteiger partial charge on any atom is -0.382 e. The number of hydrogen-bond acceptors (Lipinski definition) is 2. The van der Waals surface area contributed by atoms with Crippen LogP contribution in [0.4, 0.5) is 19.0 Å². The normalized spacial score (nSPS) is 11.9. The standard InChI is InChI=1S/C6H8F3N3/c7-6(8,9)2-4-12-3-1-5(10)11-12/h1,3H,2,4H2,(H2,10,11). The lowest BCUT2D eigenvalue weighted by atomic mass is 10.4. The van der Waals surface area contributed by atoms with Crippen LogP contribution in [0.3, 0.4) is 0 Å². The largest absolute Gasteiger partial charge is 0.390 e. The van der Waals surface area contributed by atoms with Crippen molar-refractivity contribution in [1.29, 1.82) is 0 Å². The van der Waals surface area contributed by atoms with Crippen molar-refractivity contribution in [3.05, 3.63) is 12.3 Å². The molecular formula is C6H8F3N3. The lowest BCUT2D eigenvalue weighted by Gasteiger charge is -2.05. The zero-order valence-corrected chi connectivity index (χ0v) is 6.17. The Bertz CT molecular complexity index is 253. The van der Waals surface area contributed by atoms with Crippen molar-refractivity contribution < 1.29 is 13.2 Å². The summed E-state index contributed by atoms with van der Waals surface area (Å²) >= 11 is 0. The van der Waals surface area contributed by atoms with Crippen LogP contribution in [0.5, 0.6) is 0 Å². The molecule has 1 rings (SSSR count). The van der Waals surface area contributed by atoms with Crippen LogP contribution in [0, 0.1) is 0 Å². The van der Waals surface area contributed by atoms with Gasteiger partial charge in [-0.05, 0) is 6.07 Å². The van der Waals surface area contributed by atoms with Gasteiger partial charge in [0.25, 0.3) is 0 Å². The lowest BCUT2D eigenvalue weighted by molar-refractivity contribution is -0.137. The molecule has 1 aromatic heterocycles. The van der Waals surface area contributed by atoms with Gasteiger partial charge in [0.2, 0.25) is 0 Å². The average Bonchev–Trinajstić information content (AvgIpc) is 2.30. The number of aryl methyl sites for hydroxylation is 1. The van der Waals surface area contributed by atoms with Crippen LogP contribution in [0.25, 0.3) is 0 Å². The van der Waals surface area contributed by atoms with Crippen LogP contribution >= 0.6 is 0 Å². The number of nitrogens with two attached hydrogens (primary N) is 1. The van der Waals surface area contributed by atoms with Crippen LogP contribution in [-0.2, 0) is 6.54 Å². The number of hydrogen-bond donors (Lipinski definition) is 1. The summed E-state index contributed by atoms with van der Waals surface area (Å²) in [6.45, 7) is -0.180. The first-order chi connectivity index (χ1) is 5.47. The van der Waals surface area contributed by atoms with Gasteiger partial charge in [-0.25, -0.2) is 0 Å². The fourth-order valence-corrected chi connectivity index (χ4v) is 0.743. The molecule has 0 atom stereocenters. The molecule has 0 saturated carbocycles. The Morgan fingerprint density at radius 2 is 2.17 bits per heavy atom. The molecule has 0 saturated heterocycles. The van der Waals surface area contributed by atoms with Gasteiger partial charge in [0, 0.05) is 12.7 Å². The van der Waals surface area contributed by atoms with E-state index in [0.717, 1.165) is 0 Å². The maximum atomic E-state index is 11.7. The quantitative estimate of drug-likeness (QED) is 0.746. The second-order valence-electron chi connectivity index (χ2n) is 2.37. The van der Waals surface area contributed by atoms with Gasteiger partial charge in [-0.2, -0.15) is 18.3 Å². The number of aromatic nitrogens is 2. The molecule has 6 heteroatoms. The molecule has 68 valence electrons. The number of nitrogen functional groups attached to an aromatic ring is 1. The number of anilines is 1. The second kappa shape index (κ2) is 3.04.